The van der Waals surface area contributed by atoms with Crippen LogP contribution in [0.15, 0.2) is 18.2 Å². The van der Waals surface area contributed by atoms with Crippen molar-refractivity contribution in [2.75, 3.05) is 26.9 Å². The van der Waals surface area contributed by atoms with E-state index >= 15 is 0 Å². The van der Waals surface area contributed by atoms with Crippen molar-refractivity contribution < 1.29 is 9.47 Å². The quantitative estimate of drug-likeness (QED) is 0.878. The highest BCUT2D eigenvalue weighted by molar-refractivity contribution is 5.44. The van der Waals surface area contributed by atoms with Crippen molar-refractivity contribution in [2.45, 2.75) is 24.8 Å². The second kappa shape index (κ2) is 4.44. The number of likely N-dealkylation sites (tertiary alicyclic amines) is 1. The smallest absolute Gasteiger partial charge is 0.231 e. The minimum absolute atomic E-state index is 0.0227. The lowest BCUT2D eigenvalue weighted by Crippen LogP contribution is -2.42. The predicted octanol–water partition coefficient (Wildman–Crippen LogP) is 1.38. The van der Waals surface area contributed by atoms with Gasteiger partial charge < -0.3 is 20.1 Å². The molecule has 2 heterocycles. The zero-order chi connectivity index (χ0) is 12.6. The summed E-state index contributed by atoms with van der Waals surface area (Å²) in [6, 6.07) is 6.17. The summed E-state index contributed by atoms with van der Waals surface area (Å²) < 4.78 is 10.7. The van der Waals surface area contributed by atoms with Crippen LogP contribution in [0.4, 0.5) is 0 Å². The van der Waals surface area contributed by atoms with Gasteiger partial charge in [-0.05, 0) is 50.6 Å². The van der Waals surface area contributed by atoms with Crippen molar-refractivity contribution in [1.29, 1.82) is 0 Å². The second-order valence-electron chi connectivity index (χ2n) is 5.54. The molecule has 0 spiro atoms. The number of nitrogens with two attached hydrogens (primary N) is 1. The topological polar surface area (TPSA) is 47.7 Å². The number of hydrogen-bond donors (Lipinski definition) is 1. The second-order valence-corrected chi connectivity index (χ2v) is 5.54. The Kier molecular flexibility index (Phi) is 2.92. The third-order valence-corrected chi connectivity index (χ3v) is 3.92. The van der Waals surface area contributed by atoms with Gasteiger partial charge >= 0.3 is 0 Å². The molecule has 0 saturated carbocycles. The standard InChI is InChI=1S/C14H20N2O2/c1-16-7-6-14(15,9-16)5-4-11-2-3-12-13(8-11)18-10-17-12/h2-3,8H,4-7,9-10,15H2,1H3. The molecule has 1 aromatic rings. The number of fused-ring (bicyclic) bond motifs is 1. The van der Waals surface area contributed by atoms with Crippen LogP contribution >= 0.6 is 0 Å². The van der Waals surface area contributed by atoms with Crippen molar-refractivity contribution in [3.05, 3.63) is 23.8 Å². The zero-order valence-corrected chi connectivity index (χ0v) is 10.8. The van der Waals surface area contributed by atoms with Gasteiger partial charge in [-0.2, -0.15) is 0 Å². The SMILES string of the molecule is CN1CCC(N)(CCc2ccc3c(c2)OCO3)C1. The Morgan fingerprint density at radius 1 is 1.33 bits per heavy atom. The van der Waals surface area contributed by atoms with Crippen molar-refractivity contribution in [3.63, 3.8) is 0 Å². The molecule has 1 saturated heterocycles. The van der Waals surface area contributed by atoms with Gasteiger partial charge in [0.15, 0.2) is 11.5 Å². The Morgan fingerprint density at radius 2 is 2.17 bits per heavy atom. The molecule has 0 amide bonds. The fraction of sp³-hybridized carbons (Fsp3) is 0.571. The Labute approximate surface area is 108 Å². The number of aryl methyl sites for hydroxylation is 1. The van der Waals surface area contributed by atoms with Crippen LogP contribution in [0.2, 0.25) is 0 Å². The average molecular weight is 248 g/mol. The van der Waals surface area contributed by atoms with Gasteiger partial charge in [-0.1, -0.05) is 6.07 Å². The maximum atomic E-state index is 6.41. The molecule has 98 valence electrons. The summed E-state index contributed by atoms with van der Waals surface area (Å²) in [6.45, 7) is 2.44. The van der Waals surface area contributed by atoms with Gasteiger partial charge in [0.05, 0.1) is 0 Å². The number of ether oxygens (including phenoxy) is 2. The maximum absolute atomic E-state index is 6.41. The largest absolute Gasteiger partial charge is 0.454 e. The monoisotopic (exact) mass is 248 g/mol. The van der Waals surface area contributed by atoms with E-state index < -0.39 is 0 Å². The predicted molar refractivity (Wildman–Crippen MR) is 69.9 cm³/mol. The summed E-state index contributed by atoms with van der Waals surface area (Å²) in [6.07, 6.45) is 3.12. The summed E-state index contributed by atoms with van der Waals surface area (Å²) in [4.78, 5) is 2.31. The van der Waals surface area contributed by atoms with Crippen LogP contribution in [0.1, 0.15) is 18.4 Å². The van der Waals surface area contributed by atoms with E-state index in [9.17, 15) is 0 Å². The van der Waals surface area contributed by atoms with Crippen molar-refractivity contribution in [2.24, 2.45) is 5.73 Å². The van der Waals surface area contributed by atoms with E-state index in [1.165, 1.54) is 5.56 Å². The lowest BCUT2D eigenvalue weighted by Gasteiger charge is -2.23. The summed E-state index contributed by atoms with van der Waals surface area (Å²) in [7, 11) is 2.13. The Balaban J connectivity index is 1.63. The van der Waals surface area contributed by atoms with Gasteiger partial charge in [0, 0.05) is 12.1 Å². The first kappa shape index (κ1) is 11.8. The van der Waals surface area contributed by atoms with Crippen molar-refractivity contribution in [3.8, 4) is 11.5 Å². The molecule has 2 aliphatic rings. The van der Waals surface area contributed by atoms with Gasteiger partial charge in [0.25, 0.3) is 0 Å². The number of likely N-dealkylation sites (N-methyl/N-ethyl adjacent to an activating group) is 1. The molecule has 0 bridgehead atoms. The molecule has 3 rings (SSSR count). The van der Waals surface area contributed by atoms with Crippen LogP contribution in [0.5, 0.6) is 11.5 Å². The fourth-order valence-corrected chi connectivity index (χ4v) is 2.80. The minimum atomic E-state index is -0.0227. The average Bonchev–Trinajstić information content (AvgIpc) is 2.93. The van der Waals surface area contributed by atoms with E-state index in [1.54, 1.807) is 0 Å². The molecule has 0 radical (unpaired) electrons. The fourth-order valence-electron chi connectivity index (χ4n) is 2.80. The Hall–Kier alpha value is -1.26. The molecule has 0 aliphatic carbocycles. The molecule has 1 fully saturated rings. The minimum Gasteiger partial charge on any atom is -0.454 e. The number of rotatable bonds is 3. The van der Waals surface area contributed by atoms with Crippen LogP contribution in [-0.2, 0) is 6.42 Å². The summed E-state index contributed by atoms with van der Waals surface area (Å²) >= 11 is 0. The molecule has 4 nitrogen and oxygen atoms in total. The van der Waals surface area contributed by atoms with Crippen LogP contribution in [0.25, 0.3) is 0 Å². The van der Waals surface area contributed by atoms with E-state index in [1.807, 2.05) is 6.07 Å². The third-order valence-electron chi connectivity index (χ3n) is 3.92. The highest BCUT2D eigenvalue weighted by Crippen LogP contribution is 2.33. The number of benzene rings is 1. The molecule has 1 atom stereocenters. The first-order chi connectivity index (χ1) is 8.65. The lowest BCUT2D eigenvalue weighted by molar-refractivity contribution is 0.174. The summed E-state index contributed by atoms with van der Waals surface area (Å²) in [5.74, 6) is 1.71. The molecule has 18 heavy (non-hydrogen) atoms. The Morgan fingerprint density at radius 3 is 2.94 bits per heavy atom. The summed E-state index contributed by atoms with van der Waals surface area (Å²) in [5.41, 5.74) is 7.67. The number of nitrogens with zero attached hydrogens (tertiary/aromatic N) is 1. The van der Waals surface area contributed by atoms with E-state index in [0.29, 0.717) is 6.79 Å². The highest BCUT2D eigenvalue weighted by Gasteiger charge is 2.32. The molecule has 1 aromatic carbocycles. The van der Waals surface area contributed by atoms with E-state index in [-0.39, 0.29) is 5.54 Å². The van der Waals surface area contributed by atoms with Crippen molar-refractivity contribution >= 4 is 0 Å². The third kappa shape index (κ3) is 2.31. The molecular weight excluding hydrogens is 228 g/mol. The van der Waals surface area contributed by atoms with Gasteiger partial charge in [-0.25, -0.2) is 0 Å². The molecule has 1 unspecified atom stereocenters. The lowest BCUT2D eigenvalue weighted by atomic mass is 9.91. The zero-order valence-electron chi connectivity index (χ0n) is 10.8. The first-order valence-electron chi connectivity index (χ1n) is 6.51. The number of hydrogen-bond acceptors (Lipinski definition) is 4. The summed E-state index contributed by atoms with van der Waals surface area (Å²) in [5, 5.41) is 0. The van der Waals surface area contributed by atoms with Gasteiger partial charge in [0.1, 0.15) is 0 Å². The van der Waals surface area contributed by atoms with Crippen LogP contribution < -0.4 is 15.2 Å². The molecular formula is C14H20N2O2. The normalized spacial score (nSPS) is 26.8. The van der Waals surface area contributed by atoms with Crippen LogP contribution in [0, 0.1) is 0 Å². The van der Waals surface area contributed by atoms with Gasteiger partial charge in [-0.3, -0.25) is 0 Å². The van der Waals surface area contributed by atoms with E-state index in [4.69, 9.17) is 15.2 Å². The molecule has 2 N–H and O–H groups in total. The Bertz CT molecular complexity index is 449. The van der Waals surface area contributed by atoms with E-state index in [2.05, 4.69) is 24.1 Å². The highest BCUT2D eigenvalue weighted by atomic mass is 16.7. The maximum Gasteiger partial charge on any atom is 0.231 e. The van der Waals surface area contributed by atoms with Crippen LogP contribution in [0.3, 0.4) is 0 Å². The van der Waals surface area contributed by atoms with E-state index in [0.717, 1.165) is 43.9 Å². The first-order valence-corrected chi connectivity index (χ1v) is 6.51. The van der Waals surface area contributed by atoms with Crippen molar-refractivity contribution in [1.82, 2.24) is 4.90 Å². The molecule has 2 aliphatic heterocycles. The molecule has 4 heteroatoms. The van der Waals surface area contributed by atoms with Gasteiger partial charge in [0.2, 0.25) is 6.79 Å². The van der Waals surface area contributed by atoms with Gasteiger partial charge in [-0.15, -0.1) is 0 Å². The molecule has 0 aromatic heterocycles. The van der Waals surface area contributed by atoms with Crippen LogP contribution in [-0.4, -0.2) is 37.4 Å².